The third-order valence-corrected chi connectivity index (χ3v) is 4.11. The van der Waals surface area contributed by atoms with Crippen LogP contribution in [0.15, 0.2) is 18.2 Å². The molecule has 1 amide bonds. The number of carbonyl (C=O) groups excluding carboxylic acids is 1. The van der Waals surface area contributed by atoms with E-state index in [0.717, 1.165) is 25.0 Å². The Bertz CT molecular complexity index is 852. The molecule has 0 spiro atoms. The van der Waals surface area contributed by atoms with Crippen LogP contribution in [0, 0.1) is 0 Å². The summed E-state index contributed by atoms with van der Waals surface area (Å²) in [5, 5.41) is 20.6. The number of benzene rings is 1. The lowest BCUT2D eigenvalue weighted by atomic mass is 10.0. The van der Waals surface area contributed by atoms with Crippen LogP contribution in [0.1, 0.15) is 41.9 Å². The molecule has 0 aliphatic heterocycles. The van der Waals surface area contributed by atoms with Gasteiger partial charge in [-0.3, -0.25) is 4.79 Å². The molecule has 1 unspecified atom stereocenters. The number of phenols is 1. The molecule has 0 saturated heterocycles. The van der Waals surface area contributed by atoms with Gasteiger partial charge in [-0.25, -0.2) is 4.98 Å². The molecule has 10 heteroatoms. The van der Waals surface area contributed by atoms with E-state index in [4.69, 9.17) is 5.73 Å². The van der Waals surface area contributed by atoms with Crippen molar-refractivity contribution in [3.05, 3.63) is 35.3 Å². The first-order valence-corrected chi connectivity index (χ1v) is 7.84. The minimum atomic E-state index is -4.56. The predicted molar refractivity (Wildman–Crippen MR) is 84.9 cm³/mol. The van der Waals surface area contributed by atoms with Crippen LogP contribution < -0.4 is 11.1 Å². The molecule has 1 aromatic carbocycles. The van der Waals surface area contributed by atoms with Crippen LogP contribution in [0.4, 0.5) is 13.2 Å². The molecule has 3 rings (SSSR count). The van der Waals surface area contributed by atoms with Gasteiger partial charge in [0.05, 0.1) is 11.3 Å². The number of halogens is 3. The van der Waals surface area contributed by atoms with Gasteiger partial charge >= 0.3 is 6.18 Å². The molecule has 2 aromatic rings. The number of rotatable bonds is 5. The number of nitrogens with two attached hydrogens (primary N) is 1. The van der Waals surface area contributed by atoms with Crippen LogP contribution in [0.5, 0.6) is 5.75 Å². The highest BCUT2D eigenvalue weighted by Gasteiger charge is 2.34. The van der Waals surface area contributed by atoms with Crippen molar-refractivity contribution in [2.45, 2.75) is 31.0 Å². The molecule has 138 valence electrons. The van der Waals surface area contributed by atoms with E-state index in [9.17, 15) is 23.1 Å². The van der Waals surface area contributed by atoms with Gasteiger partial charge in [-0.15, -0.1) is 10.2 Å². The largest absolute Gasteiger partial charge is 0.507 e. The van der Waals surface area contributed by atoms with Gasteiger partial charge in [0.15, 0.2) is 5.82 Å². The maximum Gasteiger partial charge on any atom is 0.416 e. The molecule has 26 heavy (non-hydrogen) atoms. The molecule has 1 atom stereocenters. The number of likely N-dealkylation sites (N-methyl/N-ethyl adjacent to an activating group) is 1. The second-order valence-corrected chi connectivity index (χ2v) is 6.03. The molecule has 1 saturated carbocycles. The van der Waals surface area contributed by atoms with E-state index in [-0.39, 0.29) is 23.0 Å². The first-order chi connectivity index (χ1) is 12.2. The molecular weight excluding hydrogens is 351 g/mol. The van der Waals surface area contributed by atoms with Gasteiger partial charge in [0.1, 0.15) is 17.5 Å². The first-order valence-electron chi connectivity index (χ1n) is 7.84. The van der Waals surface area contributed by atoms with E-state index >= 15 is 0 Å². The van der Waals surface area contributed by atoms with Crippen LogP contribution in [0.25, 0.3) is 11.3 Å². The number of aromatic nitrogens is 3. The van der Waals surface area contributed by atoms with Crippen molar-refractivity contribution >= 4 is 5.91 Å². The fourth-order valence-electron chi connectivity index (χ4n) is 2.61. The summed E-state index contributed by atoms with van der Waals surface area (Å²) in [5.41, 5.74) is 5.11. The van der Waals surface area contributed by atoms with Gasteiger partial charge < -0.3 is 16.2 Å². The summed E-state index contributed by atoms with van der Waals surface area (Å²) >= 11 is 0. The zero-order valence-corrected chi connectivity index (χ0v) is 13.7. The smallest absolute Gasteiger partial charge is 0.416 e. The number of hydrogen-bond acceptors (Lipinski definition) is 6. The predicted octanol–water partition coefficient (Wildman–Crippen LogP) is 1.89. The van der Waals surface area contributed by atoms with Crippen molar-refractivity contribution < 1.29 is 23.1 Å². The first kappa shape index (κ1) is 18.1. The van der Waals surface area contributed by atoms with E-state index in [2.05, 4.69) is 20.5 Å². The minimum Gasteiger partial charge on any atom is -0.507 e. The summed E-state index contributed by atoms with van der Waals surface area (Å²) in [7, 11) is 1.52. The number of phenolic OH excluding ortho intramolecular Hbond substituents is 1. The van der Waals surface area contributed by atoms with Crippen LogP contribution in [-0.2, 0) is 11.0 Å². The van der Waals surface area contributed by atoms with E-state index in [1.165, 1.54) is 7.05 Å². The lowest BCUT2D eigenvalue weighted by Crippen LogP contribution is -2.33. The third kappa shape index (κ3) is 3.45. The Morgan fingerprint density at radius 2 is 2.04 bits per heavy atom. The number of hydrogen-bond donors (Lipinski definition) is 3. The molecule has 1 fully saturated rings. The fraction of sp³-hybridized carbons (Fsp3) is 0.375. The number of nitrogens with one attached hydrogen (secondary N) is 1. The van der Waals surface area contributed by atoms with Crippen molar-refractivity contribution in [3.63, 3.8) is 0 Å². The average Bonchev–Trinajstić information content (AvgIpc) is 3.39. The maximum atomic E-state index is 12.8. The molecule has 1 heterocycles. The fourth-order valence-corrected chi connectivity index (χ4v) is 2.61. The monoisotopic (exact) mass is 367 g/mol. The number of aromatic hydroxyl groups is 1. The Labute approximate surface area is 146 Å². The van der Waals surface area contributed by atoms with E-state index in [0.29, 0.717) is 11.8 Å². The summed E-state index contributed by atoms with van der Waals surface area (Å²) in [4.78, 5) is 15.8. The summed E-state index contributed by atoms with van der Waals surface area (Å²) in [5.74, 6) is -1.12. The van der Waals surface area contributed by atoms with E-state index < -0.39 is 29.4 Å². The summed E-state index contributed by atoms with van der Waals surface area (Å²) in [6, 6.07) is 1.71. The number of primary amides is 1. The van der Waals surface area contributed by atoms with Crippen LogP contribution >= 0.6 is 0 Å². The van der Waals surface area contributed by atoms with Gasteiger partial charge in [0.2, 0.25) is 5.91 Å². The van der Waals surface area contributed by atoms with Crippen molar-refractivity contribution in [3.8, 4) is 17.0 Å². The number of nitrogens with zero attached hydrogens (tertiary/aromatic N) is 3. The highest BCUT2D eigenvalue weighted by atomic mass is 19.4. The Hall–Kier alpha value is -2.75. The Kier molecular flexibility index (Phi) is 4.53. The van der Waals surface area contributed by atoms with Crippen molar-refractivity contribution in [2.75, 3.05) is 7.05 Å². The van der Waals surface area contributed by atoms with Gasteiger partial charge in [0.25, 0.3) is 0 Å². The molecule has 1 aliphatic rings. The quantitative estimate of drug-likeness (QED) is 0.744. The minimum absolute atomic E-state index is 0.0475. The lowest BCUT2D eigenvalue weighted by Gasteiger charge is -2.14. The Morgan fingerprint density at radius 3 is 2.54 bits per heavy atom. The molecule has 1 aliphatic carbocycles. The molecule has 7 nitrogen and oxygen atoms in total. The second kappa shape index (κ2) is 6.52. The van der Waals surface area contributed by atoms with Crippen LogP contribution in [-0.4, -0.2) is 33.2 Å². The SMILES string of the molecule is CNC(C(N)=O)c1nnc(-c2ccc(C(F)(F)F)cc2O)c(C2CC2)n1. The van der Waals surface area contributed by atoms with Gasteiger partial charge in [-0.05, 0) is 38.1 Å². The Balaban J connectivity index is 2.07. The van der Waals surface area contributed by atoms with Crippen LogP contribution in [0.2, 0.25) is 0 Å². The summed E-state index contributed by atoms with van der Waals surface area (Å²) in [6.07, 6.45) is -2.91. The summed E-state index contributed by atoms with van der Waals surface area (Å²) in [6.45, 7) is 0. The topological polar surface area (TPSA) is 114 Å². The second-order valence-electron chi connectivity index (χ2n) is 6.03. The molecule has 0 radical (unpaired) electrons. The highest BCUT2D eigenvalue weighted by Crippen LogP contribution is 2.44. The lowest BCUT2D eigenvalue weighted by molar-refractivity contribution is -0.137. The average molecular weight is 367 g/mol. The Morgan fingerprint density at radius 1 is 1.35 bits per heavy atom. The molecule has 4 N–H and O–H groups in total. The van der Waals surface area contributed by atoms with Gasteiger partial charge in [-0.1, -0.05) is 0 Å². The van der Waals surface area contributed by atoms with Crippen molar-refractivity contribution in [1.29, 1.82) is 0 Å². The molecular formula is C16H16F3N5O2. The zero-order chi connectivity index (χ0) is 19.1. The number of amides is 1. The van der Waals surface area contributed by atoms with E-state index in [1.54, 1.807) is 0 Å². The highest BCUT2D eigenvalue weighted by molar-refractivity contribution is 5.80. The van der Waals surface area contributed by atoms with E-state index in [1.807, 2.05) is 0 Å². The van der Waals surface area contributed by atoms with Crippen molar-refractivity contribution in [1.82, 2.24) is 20.5 Å². The normalized spacial score (nSPS) is 15.7. The summed E-state index contributed by atoms with van der Waals surface area (Å²) < 4.78 is 38.3. The third-order valence-electron chi connectivity index (χ3n) is 4.11. The maximum absolute atomic E-state index is 12.8. The number of carbonyl (C=O) groups is 1. The van der Waals surface area contributed by atoms with Gasteiger partial charge in [0, 0.05) is 11.5 Å². The van der Waals surface area contributed by atoms with Crippen molar-refractivity contribution in [2.24, 2.45) is 5.73 Å². The molecule has 0 bridgehead atoms. The zero-order valence-electron chi connectivity index (χ0n) is 13.7. The molecule has 1 aromatic heterocycles. The standard InChI is InChI=1S/C16H16F3N5O2/c1-21-13(14(20)26)15-22-11(7-2-3-7)12(23-24-15)9-5-4-8(6-10(9)25)16(17,18)19/h4-7,13,21,25H,2-3H2,1H3,(H2,20,26). The number of alkyl halides is 3. The van der Waals surface area contributed by atoms with Gasteiger partial charge in [-0.2, -0.15) is 13.2 Å². The van der Waals surface area contributed by atoms with Crippen LogP contribution in [0.3, 0.4) is 0 Å².